The van der Waals surface area contributed by atoms with E-state index in [1.807, 2.05) is 0 Å². The number of carbonyl (C=O) groups is 1. The van der Waals surface area contributed by atoms with Gasteiger partial charge in [-0.1, -0.05) is 0 Å². The van der Waals surface area contributed by atoms with E-state index in [2.05, 4.69) is 20.4 Å². The van der Waals surface area contributed by atoms with Crippen molar-refractivity contribution < 1.29 is 9.90 Å². The Morgan fingerprint density at radius 3 is 3.12 bits per heavy atom. The number of hydrogen-bond acceptors (Lipinski definition) is 7. The standard InChI is InChI=1S/C7H7N5O2S2/c1-12-10-6(9-11-12)16-7-8-4(3-15-7)2-5(13)14/h3H,2H2,1H3,(H,13,14). The number of rotatable bonds is 4. The van der Waals surface area contributed by atoms with E-state index in [4.69, 9.17) is 5.11 Å². The van der Waals surface area contributed by atoms with Crippen LogP contribution in [-0.4, -0.2) is 36.3 Å². The van der Waals surface area contributed by atoms with E-state index < -0.39 is 5.97 Å². The van der Waals surface area contributed by atoms with Gasteiger partial charge >= 0.3 is 5.97 Å². The zero-order valence-electron chi connectivity index (χ0n) is 8.19. The van der Waals surface area contributed by atoms with Gasteiger partial charge in [-0.3, -0.25) is 4.79 Å². The molecule has 0 aromatic carbocycles. The van der Waals surface area contributed by atoms with Gasteiger partial charge in [0.2, 0.25) is 5.16 Å². The molecule has 0 aliphatic rings. The molecule has 0 aliphatic carbocycles. The van der Waals surface area contributed by atoms with E-state index in [1.54, 1.807) is 12.4 Å². The van der Waals surface area contributed by atoms with Gasteiger partial charge in [-0.25, -0.2) is 4.98 Å². The van der Waals surface area contributed by atoms with E-state index in [0.717, 1.165) is 0 Å². The van der Waals surface area contributed by atoms with Crippen LogP contribution >= 0.6 is 23.1 Å². The Bertz CT molecular complexity index is 508. The summed E-state index contributed by atoms with van der Waals surface area (Å²) in [6, 6.07) is 0. The van der Waals surface area contributed by atoms with Crippen molar-refractivity contribution in [2.24, 2.45) is 7.05 Å². The number of aliphatic carboxylic acids is 1. The zero-order valence-corrected chi connectivity index (χ0v) is 9.83. The molecule has 1 N–H and O–H groups in total. The van der Waals surface area contributed by atoms with Crippen molar-refractivity contribution in [3.05, 3.63) is 11.1 Å². The summed E-state index contributed by atoms with van der Waals surface area (Å²) in [4.78, 5) is 16.0. The van der Waals surface area contributed by atoms with Gasteiger partial charge in [0.15, 0.2) is 4.34 Å². The molecule has 9 heteroatoms. The van der Waals surface area contributed by atoms with Gasteiger partial charge in [-0.15, -0.1) is 21.5 Å². The third-order valence-corrected chi connectivity index (χ3v) is 3.36. The highest BCUT2D eigenvalue weighted by atomic mass is 32.2. The van der Waals surface area contributed by atoms with Crippen molar-refractivity contribution in [3.8, 4) is 0 Å². The fraction of sp³-hybridized carbons (Fsp3) is 0.286. The van der Waals surface area contributed by atoms with E-state index in [-0.39, 0.29) is 6.42 Å². The maximum absolute atomic E-state index is 10.5. The average molecular weight is 257 g/mol. The summed E-state index contributed by atoms with van der Waals surface area (Å²) in [5, 5.41) is 22.3. The predicted octanol–water partition coefficient (Wildman–Crippen LogP) is 0.445. The van der Waals surface area contributed by atoms with Crippen LogP contribution in [0.1, 0.15) is 5.69 Å². The van der Waals surface area contributed by atoms with Gasteiger partial charge in [0, 0.05) is 5.38 Å². The zero-order chi connectivity index (χ0) is 11.5. The van der Waals surface area contributed by atoms with Crippen molar-refractivity contribution in [3.63, 3.8) is 0 Å². The summed E-state index contributed by atoms with van der Waals surface area (Å²) >= 11 is 2.63. The highest BCUT2D eigenvalue weighted by molar-refractivity contribution is 8.00. The quantitative estimate of drug-likeness (QED) is 0.849. The minimum atomic E-state index is -0.889. The largest absolute Gasteiger partial charge is 0.481 e. The second kappa shape index (κ2) is 4.58. The van der Waals surface area contributed by atoms with Gasteiger partial charge in [0.1, 0.15) is 0 Å². The fourth-order valence-corrected chi connectivity index (χ4v) is 2.62. The van der Waals surface area contributed by atoms with Crippen LogP contribution in [0.5, 0.6) is 0 Å². The Morgan fingerprint density at radius 1 is 1.69 bits per heavy atom. The van der Waals surface area contributed by atoms with Crippen molar-refractivity contribution >= 4 is 29.1 Å². The van der Waals surface area contributed by atoms with Crippen LogP contribution in [0.15, 0.2) is 14.9 Å². The Kier molecular flexibility index (Phi) is 3.15. The molecule has 0 unspecified atom stereocenters. The third kappa shape index (κ3) is 2.76. The number of carboxylic acids is 1. The molecular weight excluding hydrogens is 250 g/mol. The van der Waals surface area contributed by atoms with Gasteiger partial charge in [0.25, 0.3) is 0 Å². The topological polar surface area (TPSA) is 93.8 Å². The number of hydrogen-bond donors (Lipinski definition) is 1. The molecule has 0 spiro atoms. The minimum absolute atomic E-state index is 0.0645. The predicted molar refractivity (Wildman–Crippen MR) is 56.4 cm³/mol. The summed E-state index contributed by atoms with van der Waals surface area (Å²) in [6.45, 7) is 0. The lowest BCUT2D eigenvalue weighted by molar-refractivity contribution is -0.136. The molecule has 0 atom stereocenters. The Balaban J connectivity index is 2.05. The molecule has 0 fully saturated rings. The van der Waals surface area contributed by atoms with Crippen LogP contribution in [-0.2, 0) is 18.3 Å². The SMILES string of the molecule is Cn1nnc(Sc2nc(CC(=O)O)cs2)n1. The van der Waals surface area contributed by atoms with Crippen LogP contribution in [0.2, 0.25) is 0 Å². The second-order valence-corrected chi connectivity index (χ2v) is 4.91. The number of aryl methyl sites for hydroxylation is 1. The molecule has 0 bridgehead atoms. The lowest BCUT2D eigenvalue weighted by Crippen LogP contribution is -1.99. The van der Waals surface area contributed by atoms with Gasteiger partial charge in [-0.05, 0) is 17.0 Å². The molecule has 84 valence electrons. The molecule has 2 rings (SSSR count). The minimum Gasteiger partial charge on any atom is -0.481 e. The molecule has 2 aromatic heterocycles. The van der Waals surface area contributed by atoms with Gasteiger partial charge in [0.05, 0.1) is 19.2 Å². The van der Waals surface area contributed by atoms with Crippen molar-refractivity contribution in [2.75, 3.05) is 0 Å². The fourth-order valence-electron chi connectivity index (χ4n) is 0.957. The maximum Gasteiger partial charge on any atom is 0.309 e. The molecule has 16 heavy (non-hydrogen) atoms. The van der Waals surface area contributed by atoms with Crippen LogP contribution in [0, 0.1) is 0 Å². The summed E-state index contributed by atoms with van der Waals surface area (Å²) in [5.74, 6) is -0.889. The number of aromatic nitrogens is 5. The normalized spacial score (nSPS) is 10.6. The molecule has 0 saturated heterocycles. The van der Waals surface area contributed by atoms with Crippen LogP contribution in [0.4, 0.5) is 0 Å². The van der Waals surface area contributed by atoms with Crippen molar-refractivity contribution in [2.45, 2.75) is 15.9 Å². The summed E-state index contributed by atoms with van der Waals surface area (Å²) < 4.78 is 0.712. The van der Waals surface area contributed by atoms with Gasteiger partial charge in [-0.2, -0.15) is 4.80 Å². The van der Waals surface area contributed by atoms with E-state index in [0.29, 0.717) is 15.2 Å². The molecule has 0 saturated carbocycles. The van der Waals surface area contributed by atoms with E-state index in [9.17, 15) is 4.79 Å². The van der Waals surface area contributed by atoms with E-state index in [1.165, 1.54) is 27.9 Å². The second-order valence-electron chi connectivity index (χ2n) is 2.84. The number of carboxylic acid groups (broad SMARTS) is 1. The maximum atomic E-state index is 10.5. The van der Waals surface area contributed by atoms with Gasteiger partial charge < -0.3 is 5.11 Å². The Morgan fingerprint density at radius 2 is 2.50 bits per heavy atom. The average Bonchev–Trinajstić information content (AvgIpc) is 2.76. The van der Waals surface area contributed by atoms with Crippen molar-refractivity contribution in [1.29, 1.82) is 0 Å². The number of tetrazole rings is 1. The summed E-state index contributed by atoms with van der Waals surface area (Å²) in [6.07, 6.45) is -0.0645. The number of nitrogens with zero attached hydrogens (tertiary/aromatic N) is 5. The first kappa shape index (κ1) is 11.0. The molecule has 2 aromatic rings. The molecule has 0 aliphatic heterocycles. The van der Waals surface area contributed by atoms with Crippen LogP contribution in [0.3, 0.4) is 0 Å². The molecule has 2 heterocycles. The molecule has 7 nitrogen and oxygen atoms in total. The summed E-state index contributed by atoms with van der Waals surface area (Å²) in [5.41, 5.74) is 0.545. The van der Waals surface area contributed by atoms with Crippen molar-refractivity contribution in [1.82, 2.24) is 25.2 Å². The monoisotopic (exact) mass is 257 g/mol. The highest BCUT2D eigenvalue weighted by Gasteiger charge is 2.09. The third-order valence-electron chi connectivity index (χ3n) is 1.53. The Hall–Kier alpha value is -1.48. The first-order valence-corrected chi connectivity index (χ1v) is 5.91. The first-order valence-electron chi connectivity index (χ1n) is 4.21. The van der Waals surface area contributed by atoms with Crippen LogP contribution < -0.4 is 0 Å². The lowest BCUT2D eigenvalue weighted by atomic mass is 10.3. The summed E-state index contributed by atoms with van der Waals surface area (Å²) in [7, 11) is 1.68. The molecule has 0 amide bonds. The first-order chi connectivity index (χ1) is 7.63. The number of thiazole rings is 1. The Labute approximate surface area is 98.5 Å². The molecule has 0 radical (unpaired) electrons. The lowest BCUT2D eigenvalue weighted by Gasteiger charge is -1.88. The highest BCUT2D eigenvalue weighted by Crippen LogP contribution is 2.27. The van der Waals surface area contributed by atoms with E-state index >= 15 is 0 Å². The molecular formula is C7H7N5O2S2. The van der Waals surface area contributed by atoms with Crippen LogP contribution in [0.25, 0.3) is 0 Å². The smallest absolute Gasteiger partial charge is 0.309 e.